The Kier molecular flexibility index (Phi) is 4.46. The minimum Gasteiger partial charge on any atom is -0.468 e. The highest BCUT2D eigenvalue weighted by Gasteiger charge is 2.22. The number of aromatic nitrogens is 1. The molecule has 1 aromatic heterocycles. The number of nitrogens with zero attached hydrogens (tertiary/aromatic N) is 1. The van der Waals surface area contributed by atoms with Crippen molar-refractivity contribution in [2.24, 2.45) is 0 Å². The molecule has 1 amide bonds. The molecule has 0 saturated carbocycles. The average Bonchev–Trinajstić information content (AvgIpc) is 3.06. The Hall–Kier alpha value is -3.05. The van der Waals surface area contributed by atoms with E-state index in [9.17, 15) is 4.79 Å². The first-order valence-electron chi connectivity index (χ1n) is 8.20. The van der Waals surface area contributed by atoms with Crippen molar-refractivity contribution in [3.8, 4) is 5.75 Å². The third-order valence-corrected chi connectivity index (χ3v) is 4.33. The van der Waals surface area contributed by atoms with Gasteiger partial charge < -0.3 is 15.4 Å². The quantitative estimate of drug-likeness (QED) is 0.721. The topological polar surface area (TPSA) is 63.2 Å². The van der Waals surface area contributed by atoms with Crippen LogP contribution in [0.2, 0.25) is 5.02 Å². The normalized spacial score (nSPS) is 14.9. The Morgan fingerprint density at radius 3 is 2.81 bits per heavy atom. The molecule has 26 heavy (non-hydrogen) atoms. The molecule has 4 rings (SSSR count). The maximum absolute atomic E-state index is 12.2. The van der Waals surface area contributed by atoms with Crippen LogP contribution in [0.3, 0.4) is 0 Å². The average molecular weight is 366 g/mol. The second-order valence-corrected chi connectivity index (χ2v) is 6.42. The lowest BCUT2D eigenvalue weighted by molar-refractivity contribution is 0.102. The van der Waals surface area contributed by atoms with E-state index in [1.807, 2.05) is 42.5 Å². The Labute approximate surface area is 156 Å². The van der Waals surface area contributed by atoms with Crippen molar-refractivity contribution in [1.82, 2.24) is 4.98 Å². The molecule has 0 saturated heterocycles. The van der Waals surface area contributed by atoms with Gasteiger partial charge in [0.25, 0.3) is 5.91 Å². The maximum atomic E-state index is 12.2. The van der Waals surface area contributed by atoms with Crippen LogP contribution in [0.5, 0.6) is 5.75 Å². The summed E-state index contributed by atoms with van der Waals surface area (Å²) in [5.41, 5.74) is 3.19. The monoisotopic (exact) mass is 365 g/mol. The summed E-state index contributed by atoms with van der Waals surface area (Å²) in [5, 5.41) is 6.92. The van der Waals surface area contributed by atoms with Crippen molar-refractivity contribution in [2.75, 3.05) is 10.6 Å². The molecule has 1 aliphatic rings. The van der Waals surface area contributed by atoms with Gasteiger partial charge in [0.1, 0.15) is 5.75 Å². The van der Waals surface area contributed by atoms with Crippen molar-refractivity contribution in [3.05, 3.63) is 83.1 Å². The van der Waals surface area contributed by atoms with Crippen molar-refractivity contribution in [1.29, 1.82) is 0 Å². The molecular formula is C20H16ClN3O2. The summed E-state index contributed by atoms with van der Waals surface area (Å²) in [6.07, 6.45) is 3.72. The second kappa shape index (κ2) is 7.06. The van der Waals surface area contributed by atoms with Gasteiger partial charge in [-0.05, 0) is 48.0 Å². The predicted octanol–water partition coefficient (Wildman–Crippen LogP) is 4.36. The van der Waals surface area contributed by atoms with Gasteiger partial charge in [-0.15, -0.1) is 0 Å². The number of halogens is 1. The number of pyridine rings is 1. The van der Waals surface area contributed by atoms with Gasteiger partial charge in [-0.2, -0.15) is 0 Å². The van der Waals surface area contributed by atoms with Gasteiger partial charge in [0.05, 0.1) is 11.3 Å². The molecule has 5 nitrogen and oxygen atoms in total. The van der Waals surface area contributed by atoms with E-state index in [1.165, 1.54) is 6.20 Å². The van der Waals surface area contributed by atoms with Crippen LogP contribution in [0.15, 0.2) is 67.0 Å². The molecular weight excluding hydrogens is 350 g/mol. The van der Waals surface area contributed by atoms with Gasteiger partial charge in [0, 0.05) is 29.5 Å². The van der Waals surface area contributed by atoms with Crippen LogP contribution in [0.25, 0.3) is 0 Å². The summed E-state index contributed by atoms with van der Waals surface area (Å²) in [7, 11) is 0. The first-order valence-corrected chi connectivity index (χ1v) is 8.58. The second-order valence-electron chi connectivity index (χ2n) is 5.99. The van der Waals surface area contributed by atoms with Gasteiger partial charge in [-0.1, -0.05) is 23.7 Å². The molecule has 2 N–H and O–H groups in total. The van der Waals surface area contributed by atoms with Crippen molar-refractivity contribution in [3.63, 3.8) is 0 Å². The fraction of sp³-hybridized carbons (Fsp3) is 0.100. The van der Waals surface area contributed by atoms with Crippen LogP contribution >= 0.6 is 11.6 Å². The van der Waals surface area contributed by atoms with Gasteiger partial charge in [-0.25, -0.2) is 0 Å². The summed E-state index contributed by atoms with van der Waals surface area (Å²) in [5.74, 6) is 0.568. The molecule has 2 aromatic carbocycles. The summed E-state index contributed by atoms with van der Waals surface area (Å²) in [4.78, 5) is 16.2. The zero-order chi connectivity index (χ0) is 17.9. The zero-order valence-electron chi connectivity index (χ0n) is 13.8. The van der Waals surface area contributed by atoms with E-state index in [4.69, 9.17) is 16.3 Å². The van der Waals surface area contributed by atoms with Crippen molar-refractivity contribution >= 4 is 28.9 Å². The van der Waals surface area contributed by atoms with Crippen LogP contribution in [0.4, 0.5) is 11.4 Å². The van der Waals surface area contributed by atoms with E-state index in [-0.39, 0.29) is 12.1 Å². The van der Waals surface area contributed by atoms with Crippen molar-refractivity contribution < 1.29 is 9.53 Å². The largest absolute Gasteiger partial charge is 0.468 e. The van der Waals surface area contributed by atoms with E-state index in [1.54, 1.807) is 18.3 Å². The highest BCUT2D eigenvalue weighted by atomic mass is 35.5. The van der Waals surface area contributed by atoms with Crippen LogP contribution in [-0.2, 0) is 6.42 Å². The van der Waals surface area contributed by atoms with Crippen LogP contribution < -0.4 is 15.4 Å². The number of hydrogen-bond donors (Lipinski definition) is 2. The van der Waals surface area contributed by atoms with Crippen molar-refractivity contribution in [2.45, 2.75) is 12.6 Å². The zero-order valence-corrected chi connectivity index (χ0v) is 14.5. The molecule has 0 bridgehead atoms. The van der Waals surface area contributed by atoms with Gasteiger partial charge >= 0.3 is 0 Å². The maximum Gasteiger partial charge on any atom is 0.257 e. The third-order valence-electron chi connectivity index (χ3n) is 4.08. The minimum absolute atomic E-state index is 0.157. The fourth-order valence-electron chi connectivity index (χ4n) is 2.81. The lowest BCUT2D eigenvalue weighted by Crippen LogP contribution is -2.22. The molecule has 2 heterocycles. The van der Waals surface area contributed by atoms with Gasteiger partial charge in [0.2, 0.25) is 0 Å². The summed E-state index contributed by atoms with van der Waals surface area (Å²) < 4.78 is 5.92. The van der Waals surface area contributed by atoms with E-state index in [2.05, 4.69) is 15.6 Å². The highest BCUT2D eigenvalue weighted by molar-refractivity contribution is 6.30. The molecule has 1 aliphatic heterocycles. The highest BCUT2D eigenvalue weighted by Crippen LogP contribution is 2.35. The van der Waals surface area contributed by atoms with Gasteiger partial charge in [0.15, 0.2) is 6.23 Å². The van der Waals surface area contributed by atoms with Gasteiger partial charge in [-0.3, -0.25) is 9.78 Å². The Morgan fingerprint density at radius 2 is 2.04 bits per heavy atom. The van der Waals surface area contributed by atoms with Crippen LogP contribution in [0, 0.1) is 0 Å². The molecule has 130 valence electrons. The lowest BCUT2D eigenvalue weighted by atomic mass is 10.1. The fourth-order valence-corrected chi connectivity index (χ4v) is 2.93. The molecule has 0 fully saturated rings. The number of benzene rings is 2. The molecule has 6 heteroatoms. The van der Waals surface area contributed by atoms with E-state index in [0.717, 1.165) is 17.0 Å². The summed E-state index contributed by atoms with van der Waals surface area (Å²) in [6.45, 7) is 0. The third kappa shape index (κ3) is 3.63. The number of anilines is 2. The molecule has 3 aromatic rings. The first kappa shape index (κ1) is 16.4. The molecule has 0 radical (unpaired) electrons. The minimum atomic E-state index is -0.199. The van der Waals surface area contributed by atoms with E-state index >= 15 is 0 Å². The number of amides is 1. The number of carbonyl (C=O) groups excluding carboxylic acids is 1. The number of fused-ring (bicyclic) bond motifs is 1. The number of hydrogen-bond acceptors (Lipinski definition) is 4. The number of carbonyl (C=O) groups is 1. The number of rotatable bonds is 4. The SMILES string of the molecule is O=C(Nc1ccc2c(c1)NC(Cc1ccc(Cl)cc1)O2)c1cccnc1. The standard InChI is InChI=1S/C20H16ClN3O2/c21-15-5-3-13(4-6-15)10-19-24-17-11-16(7-8-18(17)26-19)23-20(25)14-2-1-9-22-12-14/h1-9,11-12,19,24H,10H2,(H,23,25). The van der Waals surface area contributed by atoms with E-state index in [0.29, 0.717) is 22.7 Å². The number of nitrogens with one attached hydrogen (secondary N) is 2. The Bertz CT molecular complexity index is 930. The smallest absolute Gasteiger partial charge is 0.257 e. The first-order chi connectivity index (χ1) is 12.7. The Morgan fingerprint density at radius 1 is 1.19 bits per heavy atom. The Balaban J connectivity index is 1.43. The molecule has 0 spiro atoms. The van der Waals surface area contributed by atoms with E-state index < -0.39 is 0 Å². The predicted molar refractivity (Wildman–Crippen MR) is 102 cm³/mol. The van der Waals surface area contributed by atoms with Crippen LogP contribution in [-0.4, -0.2) is 17.1 Å². The molecule has 1 atom stereocenters. The van der Waals surface area contributed by atoms with Crippen LogP contribution in [0.1, 0.15) is 15.9 Å². The summed E-state index contributed by atoms with van der Waals surface area (Å²) >= 11 is 5.92. The lowest BCUT2D eigenvalue weighted by Gasteiger charge is -2.11. The summed E-state index contributed by atoms with van der Waals surface area (Å²) in [6, 6.07) is 16.7. The molecule has 1 unspecified atom stereocenters. The molecule has 0 aliphatic carbocycles. The number of ether oxygens (including phenoxy) is 1.